The second-order valence-corrected chi connectivity index (χ2v) is 3.22. The first-order valence-electron chi connectivity index (χ1n) is 4.06. The molecule has 2 nitrogen and oxygen atoms in total. The van der Waals surface area contributed by atoms with Crippen molar-refractivity contribution < 1.29 is 9.78 Å². The largest absolute Gasteiger partial charge is 0.232 e. The molecule has 13 heavy (non-hydrogen) atoms. The van der Waals surface area contributed by atoms with Crippen LogP contribution in [0, 0.1) is 0 Å². The van der Waals surface area contributed by atoms with Crippen molar-refractivity contribution in [3.63, 3.8) is 0 Å². The van der Waals surface area contributed by atoms with E-state index in [-0.39, 0.29) is 6.10 Å². The quantitative estimate of drug-likeness (QED) is 0.508. The summed E-state index contributed by atoms with van der Waals surface area (Å²) in [4.78, 5) is 9.92. The van der Waals surface area contributed by atoms with Gasteiger partial charge in [-0.15, -0.1) is 0 Å². The third-order valence-corrected chi connectivity index (χ3v) is 2.06. The molecule has 0 radical (unpaired) electrons. The summed E-state index contributed by atoms with van der Waals surface area (Å²) in [5.41, 5.74) is 1.00. The summed E-state index contributed by atoms with van der Waals surface area (Å²) >= 11 is 5.84. The average molecular weight is 197 g/mol. The molecule has 1 atom stereocenters. The topological polar surface area (TPSA) is 18.5 Å². The molecule has 1 aromatic carbocycles. The van der Waals surface area contributed by atoms with Crippen LogP contribution in [0.3, 0.4) is 0 Å². The Morgan fingerprint density at radius 3 is 3.00 bits per heavy atom. The lowest BCUT2D eigenvalue weighted by molar-refractivity contribution is -0.315. The van der Waals surface area contributed by atoms with Crippen molar-refractivity contribution >= 4 is 11.6 Å². The molecule has 0 aromatic heterocycles. The van der Waals surface area contributed by atoms with Gasteiger partial charge in [0.05, 0.1) is 0 Å². The highest BCUT2D eigenvalue weighted by atomic mass is 35.5. The number of halogens is 1. The van der Waals surface area contributed by atoms with Crippen molar-refractivity contribution in [1.82, 2.24) is 0 Å². The Bertz CT molecular complexity index is 322. The molecule has 0 bridgehead atoms. The molecule has 1 aliphatic heterocycles. The van der Waals surface area contributed by atoms with Gasteiger partial charge in [-0.05, 0) is 23.8 Å². The molecule has 0 amide bonds. The monoisotopic (exact) mass is 196 g/mol. The van der Waals surface area contributed by atoms with Crippen LogP contribution in [0.15, 0.2) is 36.4 Å². The summed E-state index contributed by atoms with van der Waals surface area (Å²) in [6.07, 6.45) is 3.75. The number of hydrogen-bond donors (Lipinski definition) is 0. The SMILES string of the molecule is Clc1cccc([C@@H]2C=CCOO2)c1. The van der Waals surface area contributed by atoms with Crippen molar-refractivity contribution in [2.45, 2.75) is 6.10 Å². The molecular formula is C10H9ClO2. The van der Waals surface area contributed by atoms with Crippen LogP contribution in [0.2, 0.25) is 5.02 Å². The summed E-state index contributed by atoms with van der Waals surface area (Å²) in [5.74, 6) is 0. The molecule has 3 heteroatoms. The van der Waals surface area contributed by atoms with Gasteiger partial charge in [-0.1, -0.05) is 29.8 Å². The highest BCUT2D eigenvalue weighted by Gasteiger charge is 2.12. The lowest BCUT2D eigenvalue weighted by Gasteiger charge is -2.16. The number of hydrogen-bond acceptors (Lipinski definition) is 2. The van der Waals surface area contributed by atoms with Crippen LogP contribution in [0.5, 0.6) is 0 Å². The number of benzene rings is 1. The summed E-state index contributed by atoms with van der Waals surface area (Å²) < 4.78 is 0. The van der Waals surface area contributed by atoms with E-state index >= 15 is 0 Å². The van der Waals surface area contributed by atoms with Gasteiger partial charge in [-0.2, -0.15) is 0 Å². The minimum absolute atomic E-state index is 0.132. The van der Waals surface area contributed by atoms with E-state index in [0.29, 0.717) is 11.6 Å². The second kappa shape index (κ2) is 3.92. The first-order chi connectivity index (χ1) is 6.36. The van der Waals surface area contributed by atoms with Crippen LogP contribution >= 0.6 is 11.6 Å². The first-order valence-corrected chi connectivity index (χ1v) is 4.44. The Hall–Kier alpha value is -0.830. The van der Waals surface area contributed by atoms with E-state index < -0.39 is 0 Å². The Morgan fingerprint density at radius 1 is 1.38 bits per heavy atom. The molecule has 0 unspecified atom stereocenters. The van der Waals surface area contributed by atoms with Crippen molar-refractivity contribution in [2.75, 3.05) is 6.61 Å². The molecule has 0 aliphatic carbocycles. The molecule has 2 rings (SSSR count). The van der Waals surface area contributed by atoms with E-state index in [2.05, 4.69) is 0 Å². The van der Waals surface area contributed by atoms with Crippen LogP contribution in [-0.4, -0.2) is 6.61 Å². The second-order valence-electron chi connectivity index (χ2n) is 2.78. The summed E-state index contributed by atoms with van der Waals surface area (Å²) in [5, 5.41) is 0.708. The van der Waals surface area contributed by atoms with Crippen LogP contribution in [0.4, 0.5) is 0 Å². The maximum atomic E-state index is 5.84. The zero-order valence-electron chi connectivity index (χ0n) is 6.94. The molecular weight excluding hydrogens is 188 g/mol. The Balaban J connectivity index is 2.24. The summed E-state index contributed by atoms with van der Waals surface area (Å²) in [6.45, 7) is 0.511. The van der Waals surface area contributed by atoms with Gasteiger partial charge in [0.15, 0.2) is 0 Å². The molecule has 0 fully saturated rings. The predicted octanol–water partition coefficient (Wildman–Crippen LogP) is 2.90. The standard InChI is InChI=1S/C10H9ClO2/c11-9-4-1-3-8(7-9)10-5-2-6-12-13-10/h1-5,7,10H,6H2/t10-/m0/s1. The van der Waals surface area contributed by atoms with Gasteiger partial charge < -0.3 is 0 Å². The Kier molecular flexibility index (Phi) is 2.64. The molecule has 0 saturated carbocycles. The van der Waals surface area contributed by atoms with E-state index in [1.807, 2.05) is 36.4 Å². The smallest absolute Gasteiger partial charge is 0.136 e. The minimum Gasteiger partial charge on any atom is -0.232 e. The lowest BCUT2D eigenvalue weighted by atomic mass is 10.1. The highest BCUT2D eigenvalue weighted by molar-refractivity contribution is 6.30. The highest BCUT2D eigenvalue weighted by Crippen LogP contribution is 2.24. The van der Waals surface area contributed by atoms with E-state index in [1.165, 1.54) is 0 Å². The van der Waals surface area contributed by atoms with Crippen LogP contribution in [-0.2, 0) is 9.78 Å². The molecule has 0 saturated heterocycles. The van der Waals surface area contributed by atoms with Crippen LogP contribution < -0.4 is 0 Å². The van der Waals surface area contributed by atoms with Gasteiger partial charge in [0.1, 0.15) is 12.7 Å². The maximum absolute atomic E-state index is 5.84. The summed E-state index contributed by atoms with van der Waals surface area (Å²) in [6, 6.07) is 7.54. The molecule has 1 heterocycles. The van der Waals surface area contributed by atoms with Crippen LogP contribution in [0.1, 0.15) is 11.7 Å². The van der Waals surface area contributed by atoms with E-state index in [9.17, 15) is 0 Å². The first kappa shape index (κ1) is 8.75. The van der Waals surface area contributed by atoms with Gasteiger partial charge in [0.2, 0.25) is 0 Å². The zero-order valence-corrected chi connectivity index (χ0v) is 7.70. The van der Waals surface area contributed by atoms with Gasteiger partial charge in [-0.3, -0.25) is 0 Å². The summed E-state index contributed by atoms with van der Waals surface area (Å²) in [7, 11) is 0. The Morgan fingerprint density at radius 2 is 2.31 bits per heavy atom. The normalized spacial score (nSPS) is 21.8. The average Bonchev–Trinajstić information content (AvgIpc) is 2.19. The van der Waals surface area contributed by atoms with E-state index in [4.69, 9.17) is 21.4 Å². The minimum atomic E-state index is -0.132. The van der Waals surface area contributed by atoms with E-state index in [0.717, 1.165) is 5.56 Å². The van der Waals surface area contributed by atoms with Gasteiger partial charge in [-0.25, -0.2) is 9.78 Å². The lowest BCUT2D eigenvalue weighted by Crippen LogP contribution is -2.07. The van der Waals surface area contributed by atoms with Crippen molar-refractivity contribution in [2.24, 2.45) is 0 Å². The fourth-order valence-electron chi connectivity index (χ4n) is 1.21. The van der Waals surface area contributed by atoms with Gasteiger partial charge >= 0.3 is 0 Å². The zero-order chi connectivity index (χ0) is 9.10. The van der Waals surface area contributed by atoms with Crippen molar-refractivity contribution in [3.05, 3.63) is 47.0 Å². The molecule has 0 N–H and O–H groups in total. The van der Waals surface area contributed by atoms with Gasteiger partial charge in [0.25, 0.3) is 0 Å². The van der Waals surface area contributed by atoms with Crippen LogP contribution in [0.25, 0.3) is 0 Å². The molecule has 1 aliphatic rings. The fraction of sp³-hybridized carbons (Fsp3) is 0.200. The molecule has 68 valence electrons. The third kappa shape index (κ3) is 2.10. The third-order valence-electron chi connectivity index (χ3n) is 1.82. The fourth-order valence-corrected chi connectivity index (χ4v) is 1.41. The molecule has 1 aromatic rings. The van der Waals surface area contributed by atoms with Crippen molar-refractivity contribution in [3.8, 4) is 0 Å². The number of rotatable bonds is 1. The van der Waals surface area contributed by atoms with Gasteiger partial charge in [0, 0.05) is 5.02 Å². The maximum Gasteiger partial charge on any atom is 0.136 e. The molecule has 0 spiro atoms. The predicted molar refractivity (Wildman–Crippen MR) is 50.4 cm³/mol. The Labute approximate surface area is 81.7 Å². The van der Waals surface area contributed by atoms with E-state index in [1.54, 1.807) is 0 Å². The van der Waals surface area contributed by atoms with Crippen molar-refractivity contribution in [1.29, 1.82) is 0 Å².